The fourth-order valence-electron chi connectivity index (χ4n) is 10.6. The highest BCUT2D eigenvalue weighted by Crippen LogP contribution is 2.67. The van der Waals surface area contributed by atoms with E-state index in [0.29, 0.717) is 17.8 Å². The lowest BCUT2D eigenvalue weighted by atomic mass is 9.50. The molecule has 2 heterocycles. The monoisotopic (exact) mass is 418 g/mol. The van der Waals surface area contributed by atoms with Gasteiger partial charge in [-0.2, -0.15) is 0 Å². The molecule has 2 saturated heterocycles. The van der Waals surface area contributed by atoms with E-state index < -0.39 is 5.60 Å². The Hall–Kier alpha value is -0.160. The van der Waals surface area contributed by atoms with Crippen LogP contribution in [0, 0.1) is 46.8 Å². The van der Waals surface area contributed by atoms with E-state index in [2.05, 4.69) is 13.8 Å². The normalized spacial score (nSPS) is 62.5. The lowest BCUT2D eigenvalue weighted by Gasteiger charge is -2.57. The molecule has 0 radical (unpaired) electrons. The van der Waals surface area contributed by atoms with Crippen LogP contribution in [0.4, 0.5) is 0 Å². The summed E-state index contributed by atoms with van der Waals surface area (Å²) in [6.45, 7) is 7.56. The van der Waals surface area contributed by atoms with Gasteiger partial charge in [0.1, 0.15) is 0 Å². The Morgan fingerprint density at radius 1 is 0.833 bits per heavy atom. The zero-order valence-electron chi connectivity index (χ0n) is 19.1. The van der Waals surface area contributed by atoms with E-state index in [0.717, 1.165) is 50.0 Å². The molecule has 4 nitrogen and oxygen atoms in total. The van der Waals surface area contributed by atoms with E-state index in [4.69, 9.17) is 0 Å². The third-order valence-electron chi connectivity index (χ3n) is 12.0. The molecule has 13 atom stereocenters. The van der Waals surface area contributed by atoms with Gasteiger partial charge in [0.15, 0.2) is 0 Å². The Labute approximate surface area is 182 Å². The van der Waals surface area contributed by atoms with Crippen LogP contribution in [0.25, 0.3) is 0 Å². The second kappa shape index (κ2) is 6.92. The van der Waals surface area contributed by atoms with Crippen LogP contribution in [0.3, 0.4) is 0 Å². The molecule has 13 unspecified atom stereocenters. The molecule has 4 aliphatic carbocycles. The van der Waals surface area contributed by atoms with Crippen molar-refractivity contribution in [2.75, 3.05) is 13.1 Å². The van der Waals surface area contributed by atoms with Crippen LogP contribution < -0.4 is 4.90 Å². The summed E-state index contributed by atoms with van der Waals surface area (Å²) < 4.78 is 0. The van der Waals surface area contributed by atoms with Gasteiger partial charge < -0.3 is 20.2 Å². The largest absolute Gasteiger partial charge is 0.393 e. The van der Waals surface area contributed by atoms with Gasteiger partial charge in [-0.1, -0.05) is 13.8 Å². The van der Waals surface area contributed by atoms with E-state index in [-0.39, 0.29) is 29.5 Å². The van der Waals surface area contributed by atoms with Crippen LogP contribution in [0.1, 0.15) is 78.1 Å². The minimum absolute atomic E-state index is 0.0882. The molecule has 4 heteroatoms. The first-order valence-corrected chi connectivity index (χ1v) is 13.3. The van der Waals surface area contributed by atoms with Crippen molar-refractivity contribution in [3.05, 3.63) is 0 Å². The SMILES string of the molecule is CC1C2CCC3(O)C(CC4C3CC(O)C3CC(O)CCC34C)C2C[NH+]2CCCCC12. The molecule has 0 bridgehead atoms. The quantitative estimate of drug-likeness (QED) is 0.487. The van der Waals surface area contributed by atoms with Crippen LogP contribution in [0.2, 0.25) is 0 Å². The minimum Gasteiger partial charge on any atom is -0.393 e. The van der Waals surface area contributed by atoms with E-state index in [9.17, 15) is 15.3 Å². The molecule has 6 rings (SSSR count). The maximum absolute atomic E-state index is 12.2. The first kappa shape index (κ1) is 20.4. The summed E-state index contributed by atoms with van der Waals surface area (Å²) in [5.41, 5.74) is -0.469. The predicted molar refractivity (Wildman–Crippen MR) is 116 cm³/mol. The fraction of sp³-hybridized carbons (Fsp3) is 1.00. The van der Waals surface area contributed by atoms with Crippen LogP contribution >= 0.6 is 0 Å². The zero-order chi connectivity index (χ0) is 20.8. The highest BCUT2D eigenvalue weighted by molar-refractivity contribution is 5.16. The van der Waals surface area contributed by atoms with Crippen molar-refractivity contribution in [1.29, 1.82) is 0 Å². The molecular weight excluding hydrogens is 374 g/mol. The molecule has 170 valence electrons. The van der Waals surface area contributed by atoms with Gasteiger partial charge in [-0.15, -0.1) is 0 Å². The molecular formula is C26H44NO3+. The summed E-state index contributed by atoms with van der Waals surface area (Å²) in [7, 11) is 0. The van der Waals surface area contributed by atoms with Gasteiger partial charge in [-0.25, -0.2) is 0 Å². The third kappa shape index (κ3) is 2.66. The van der Waals surface area contributed by atoms with Crippen molar-refractivity contribution in [2.45, 2.75) is 102 Å². The Bertz CT molecular complexity index is 685. The number of aliphatic hydroxyl groups excluding tert-OH is 2. The molecule has 0 amide bonds. The number of rotatable bonds is 0. The number of nitrogens with one attached hydrogen (secondary N) is 1. The van der Waals surface area contributed by atoms with Gasteiger partial charge in [-0.05, 0) is 99.2 Å². The van der Waals surface area contributed by atoms with E-state index in [1.54, 1.807) is 0 Å². The number of fused-ring (bicyclic) bond motifs is 8. The van der Waals surface area contributed by atoms with Crippen molar-refractivity contribution in [3.63, 3.8) is 0 Å². The summed E-state index contributed by atoms with van der Waals surface area (Å²) in [5.74, 6) is 3.69. The lowest BCUT2D eigenvalue weighted by Crippen LogP contribution is -3.19. The summed E-state index contributed by atoms with van der Waals surface area (Å²) >= 11 is 0. The van der Waals surface area contributed by atoms with Gasteiger partial charge in [0.05, 0.1) is 36.9 Å². The summed E-state index contributed by atoms with van der Waals surface area (Å²) in [6, 6.07) is 0.860. The van der Waals surface area contributed by atoms with Crippen molar-refractivity contribution >= 4 is 0 Å². The second-order valence-corrected chi connectivity index (χ2v) is 12.8. The van der Waals surface area contributed by atoms with Crippen molar-refractivity contribution in [1.82, 2.24) is 0 Å². The average molecular weight is 419 g/mol. The number of hydrogen-bond acceptors (Lipinski definition) is 3. The topological polar surface area (TPSA) is 65.1 Å². The van der Waals surface area contributed by atoms with Gasteiger partial charge in [-0.3, -0.25) is 0 Å². The summed E-state index contributed by atoms with van der Waals surface area (Å²) in [5, 5.41) is 33.7. The van der Waals surface area contributed by atoms with Crippen LogP contribution in [0.15, 0.2) is 0 Å². The van der Waals surface area contributed by atoms with Crippen molar-refractivity contribution in [3.8, 4) is 0 Å². The molecule has 30 heavy (non-hydrogen) atoms. The number of quaternary nitrogens is 1. The second-order valence-electron chi connectivity index (χ2n) is 12.8. The van der Waals surface area contributed by atoms with Gasteiger partial charge >= 0.3 is 0 Å². The van der Waals surface area contributed by atoms with Gasteiger partial charge in [0.2, 0.25) is 0 Å². The molecule has 6 aliphatic rings. The Morgan fingerprint density at radius 3 is 2.50 bits per heavy atom. The average Bonchev–Trinajstić information content (AvgIpc) is 3.03. The third-order valence-corrected chi connectivity index (χ3v) is 12.0. The Morgan fingerprint density at radius 2 is 1.67 bits per heavy atom. The van der Waals surface area contributed by atoms with Crippen LogP contribution in [0.5, 0.6) is 0 Å². The smallest absolute Gasteiger partial charge is 0.0903 e. The van der Waals surface area contributed by atoms with E-state index in [1.165, 1.54) is 45.2 Å². The number of aliphatic hydroxyl groups is 3. The first-order valence-electron chi connectivity index (χ1n) is 13.3. The van der Waals surface area contributed by atoms with Crippen LogP contribution in [-0.4, -0.2) is 52.3 Å². The summed E-state index contributed by atoms with van der Waals surface area (Å²) in [4.78, 5) is 1.85. The molecule has 0 spiro atoms. The van der Waals surface area contributed by atoms with Crippen molar-refractivity contribution < 1.29 is 20.2 Å². The minimum atomic E-state index is -0.557. The number of piperidine rings is 2. The standard InChI is InChI=1S/C26H43NO3/c1-15-17-7-9-26(30)19(18(17)14-27-10-4-3-5-23(15)27)12-20-21(26)13-24(29)22-11-16(28)6-8-25(20,22)2/h15-24,28-30H,3-14H2,1-2H3/p+1. The Kier molecular flexibility index (Phi) is 4.72. The van der Waals surface area contributed by atoms with E-state index in [1.807, 2.05) is 4.90 Å². The van der Waals surface area contributed by atoms with E-state index >= 15 is 0 Å². The van der Waals surface area contributed by atoms with Gasteiger partial charge in [0.25, 0.3) is 0 Å². The molecule has 6 fully saturated rings. The predicted octanol–water partition coefficient (Wildman–Crippen LogP) is 2.01. The number of hydrogen-bond donors (Lipinski definition) is 4. The first-order chi connectivity index (χ1) is 14.3. The zero-order valence-corrected chi connectivity index (χ0v) is 19.1. The molecule has 4 saturated carbocycles. The molecule has 2 aliphatic heterocycles. The van der Waals surface area contributed by atoms with Gasteiger partial charge in [0, 0.05) is 11.8 Å². The highest BCUT2D eigenvalue weighted by Gasteiger charge is 2.68. The maximum atomic E-state index is 12.2. The molecule has 0 aromatic rings. The fourth-order valence-corrected chi connectivity index (χ4v) is 10.6. The lowest BCUT2D eigenvalue weighted by molar-refractivity contribution is -0.946. The highest BCUT2D eigenvalue weighted by atomic mass is 16.3. The molecule has 0 aromatic heterocycles. The molecule has 4 N–H and O–H groups in total. The van der Waals surface area contributed by atoms with Crippen molar-refractivity contribution in [2.24, 2.45) is 46.8 Å². The van der Waals surface area contributed by atoms with Crippen LogP contribution in [-0.2, 0) is 0 Å². The Balaban J connectivity index is 1.32. The maximum Gasteiger partial charge on any atom is 0.0903 e. The summed E-state index contributed by atoms with van der Waals surface area (Å²) in [6.07, 6.45) is 10.3. The molecule has 0 aromatic carbocycles.